The first-order valence-electron chi connectivity index (χ1n) is 7.10. The lowest BCUT2D eigenvalue weighted by molar-refractivity contribution is 0.0954. The minimum atomic E-state index is -0.0497. The largest absolute Gasteiger partial charge is 0.378 e. The van der Waals surface area contributed by atoms with Gasteiger partial charge in [0, 0.05) is 56.1 Å². The van der Waals surface area contributed by atoms with E-state index in [1.807, 2.05) is 65.4 Å². The third-order valence-electron chi connectivity index (χ3n) is 3.46. The van der Waals surface area contributed by atoms with E-state index in [1.165, 1.54) is 0 Å². The van der Waals surface area contributed by atoms with Crippen LogP contribution in [-0.2, 0) is 6.42 Å². The molecule has 0 fully saturated rings. The number of anilines is 1. The molecule has 1 aromatic carbocycles. The van der Waals surface area contributed by atoms with Crippen molar-refractivity contribution in [2.24, 2.45) is 0 Å². The molecule has 22 heavy (non-hydrogen) atoms. The van der Waals surface area contributed by atoms with E-state index in [2.05, 4.69) is 10.3 Å². The van der Waals surface area contributed by atoms with Gasteiger partial charge in [0.1, 0.15) is 0 Å². The molecule has 0 unspecified atom stereocenters. The number of hydrogen-bond donors (Lipinski definition) is 1. The highest BCUT2D eigenvalue weighted by Gasteiger charge is 2.07. The van der Waals surface area contributed by atoms with E-state index >= 15 is 0 Å². The molecule has 1 amide bonds. The van der Waals surface area contributed by atoms with Crippen molar-refractivity contribution in [2.75, 3.05) is 25.5 Å². The SMILES string of the molecule is CN(C)c1ccc(C(=O)NCCc2cn3ccsc3n2)cc1. The topological polar surface area (TPSA) is 49.6 Å². The second-order valence-corrected chi connectivity index (χ2v) is 6.15. The van der Waals surface area contributed by atoms with Crippen LogP contribution in [0.1, 0.15) is 16.1 Å². The van der Waals surface area contributed by atoms with Crippen LogP contribution in [0.4, 0.5) is 5.69 Å². The number of fused-ring (bicyclic) bond motifs is 1. The minimum Gasteiger partial charge on any atom is -0.378 e. The molecule has 114 valence electrons. The van der Waals surface area contributed by atoms with Crippen molar-refractivity contribution >= 4 is 27.9 Å². The quantitative estimate of drug-likeness (QED) is 0.787. The molecule has 5 nitrogen and oxygen atoms in total. The van der Waals surface area contributed by atoms with Crippen LogP contribution in [0, 0.1) is 0 Å². The van der Waals surface area contributed by atoms with Crippen molar-refractivity contribution < 1.29 is 4.79 Å². The van der Waals surface area contributed by atoms with Crippen molar-refractivity contribution in [1.82, 2.24) is 14.7 Å². The molecule has 1 N–H and O–H groups in total. The smallest absolute Gasteiger partial charge is 0.251 e. The molecule has 0 aliphatic carbocycles. The molecular formula is C16H18N4OS. The zero-order valence-electron chi connectivity index (χ0n) is 12.6. The second-order valence-electron chi connectivity index (χ2n) is 5.27. The molecular weight excluding hydrogens is 296 g/mol. The highest BCUT2D eigenvalue weighted by atomic mass is 32.1. The van der Waals surface area contributed by atoms with Gasteiger partial charge in [0.25, 0.3) is 5.91 Å². The Labute approximate surface area is 133 Å². The number of hydrogen-bond acceptors (Lipinski definition) is 4. The highest BCUT2D eigenvalue weighted by Crippen LogP contribution is 2.13. The first kappa shape index (κ1) is 14.6. The fourth-order valence-corrected chi connectivity index (χ4v) is 2.93. The normalized spacial score (nSPS) is 10.8. The first-order valence-corrected chi connectivity index (χ1v) is 7.98. The van der Waals surface area contributed by atoms with Gasteiger partial charge in [-0.25, -0.2) is 4.98 Å². The zero-order valence-corrected chi connectivity index (χ0v) is 13.4. The summed E-state index contributed by atoms with van der Waals surface area (Å²) in [6, 6.07) is 7.57. The molecule has 0 spiro atoms. The van der Waals surface area contributed by atoms with Gasteiger partial charge in [-0.3, -0.25) is 9.20 Å². The lowest BCUT2D eigenvalue weighted by atomic mass is 10.2. The maximum Gasteiger partial charge on any atom is 0.251 e. The van der Waals surface area contributed by atoms with E-state index in [9.17, 15) is 4.79 Å². The average molecular weight is 314 g/mol. The number of thiazole rings is 1. The van der Waals surface area contributed by atoms with Crippen LogP contribution in [0.2, 0.25) is 0 Å². The number of amides is 1. The Hall–Kier alpha value is -2.34. The van der Waals surface area contributed by atoms with Crippen LogP contribution < -0.4 is 10.2 Å². The summed E-state index contributed by atoms with van der Waals surface area (Å²) < 4.78 is 2.00. The molecule has 0 atom stereocenters. The summed E-state index contributed by atoms with van der Waals surface area (Å²) in [6.45, 7) is 0.582. The Morgan fingerprint density at radius 1 is 1.32 bits per heavy atom. The van der Waals surface area contributed by atoms with Gasteiger partial charge < -0.3 is 10.2 Å². The predicted octanol–water partition coefficient (Wildman–Crippen LogP) is 2.43. The number of carbonyl (C=O) groups is 1. The Kier molecular flexibility index (Phi) is 4.11. The Bertz CT molecular complexity index is 744. The molecule has 2 aromatic heterocycles. The fourth-order valence-electron chi connectivity index (χ4n) is 2.21. The summed E-state index contributed by atoms with van der Waals surface area (Å²) in [5.41, 5.74) is 2.75. The molecule has 2 heterocycles. The maximum absolute atomic E-state index is 12.1. The fraction of sp³-hybridized carbons (Fsp3) is 0.250. The Balaban J connectivity index is 1.54. The van der Waals surface area contributed by atoms with Crippen LogP contribution in [0.15, 0.2) is 42.0 Å². The average Bonchev–Trinajstić information content (AvgIpc) is 3.08. The first-order chi connectivity index (χ1) is 10.6. The van der Waals surface area contributed by atoms with Crippen LogP contribution in [0.3, 0.4) is 0 Å². The molecule has 0 aliphatic heterocycles. The second kappa shape index (κ2) is 6.19. The Morgan fingerprint density at radius 2 is 2.09 bits per heavy atom. The van der Waals surface area contributed by atoms with Gasteiger partial charge in [-0.05, 0) is 24.3 Å². The third kappa shape index (κ3) is 3.12. The number of aromatic nitrogens is 2. The summed E-state index contributed by atoms with van der Waals surface area (Å²) in [5.74, 6) is -0.0497. The van der Waals surface area contributed by atoms with E-state index in [4.69, 9.17) is 0 Å². The van der Waals surface area contributed by atoms with E-state index in [1.54, 1.807) is 11.3 Å². The standard InChI is InChI=1S/C16H18N4OS/c1-19(2)14-5-3-12(4-6-14)15(21)17-8-7-13-11-20-9-10-22-16(20)18-13/h3-6,9-11H,7-8H2,1-2H3,(H,17,21). The van der Waals surface area contributed by atoms with E-state index in [-0.39, 0.29) is 5.91 Å². The molecule has 3 aromatic rings. The van der Waals surface area contributed by atoms with Crippen molar-refractivity contribution in [1.29, 1.82) is 0 Å². The number of nitrogens with one attached hydrogen (secondary N) is 1. The molecule has 0 radical (unpaired) electrons. The number of nitrogens with zero attached hydrogens (tertiary/aromatic N) is 3. The Morgan fingerprint density at radius 3 is 2.77 bits per heavy atom. The molecule has 0 bridgehead atoms. The number of carbonyl (C=O) groups excluding carboxylic acids is 1. The lowest BCUT2D eigenvalue weighted by Crippen LogP contribution is -2.25. The summed E-state index contributed by atoms with van der Waals surface area (Å²) in [7, 11) is 3.95. The van der Waals surface area contributed by atoms with Crippen molar-refractivity contribution in [3.05, 3.63) is 53.3 Å². The van der Waals surface area contributed by atoms with Crippen molar-refractivity contribution in [2.45, 2.75) is 6.42 Å². The number of rotatable bonds is 5. The number of imidazole rings is 1. The van der Waals surface area contributed by atoms with E-state index < -0.39 is 0 Å². The van der Waals surface area contributed by atoms with Gasteiger partial charge in [0.15, 0.2) is 4.96 Å². The lowest BCUT2D eigenvalue weighted by Gasteiger charge is -2.12. The van der Waals surface area contributed by atoms with Crippen LogP contribution >= 0.6 is 11.3 Å². The monoisotopic (exact) mass is 314 g/mol. The van der Waals surface area contributed by atoms with Crippen molar-refractivity contribution in [3.63, 3.8) is 0 Å². The summed E-state index contributed by atoms with van der Waals surface area (Å²) in [4.78, 5) is 19.6. The zero-order chi connectivity index (χ0) is 15.5. The minimum absolute atomic E-state index is 0.0497. The van der Waals surface area contributed by atoms with Gasteiger partial charge in [-0.15, -0.1) is 11.3 Å². The van der Waals surface area contributed by atoms with Crippen LogP contribution in [0.5, 0.6) is 0 Å². The van der Waals surface area contributed by atoms with Crippen molar-refractivity contribution in [3.8, 4) is 0 Å². The van der Waals surface area contributed by atoms with Gasteiger partial charge >= 0.3 is 0 Å². The van der Waals surface area contributed by atoms with Gasteiger partial charge in [-0.1, -0.05) is 0 Å². The van der Waals surface area contributed by atoms with Crippen LogP contribution in [-0.4, -0.2) is 35.9 Å². The molecule has 0 saturated carbocycles. The molecule has 3 rings (SSSR count). The molecule has 6 heteroatoms. The number of benzene rings is 1. The molecule has 0 aliphatic rings. The van der Waals surface area contributed by atoms with E-state index in [0.29, 0.717) is 12.1 Å². The van der Waals surface area contributed by atoms with Gasteiger partial charge in [0.05, 0.1) is 5.69 Å². The van der Waals surface area contributed by atoms with E-state index in [0.717, 1.165) is 22.8 Å². The third-order valence-corrected chi connectivity index (χ3v) is 4.23. The molecule has 0 saturated heterocycles. The summed E-state index contributed by atoms with van der Waals surface area (Å²) >= 11 is 1.61. The van der Waals surface area contributed by atoms with Gasteiger partial charge in [0.2, 0.25) is 0 Å². The summed E-state index contributed by atoms with van der Waals surface area (Å²) in [6.07, 6.45) is 4.72. The van der Waals surface area contributed by atoms with Gasteiger partial charge in [-0.2, -0.15) is 0 Å². The highest BCUT2D eigenvalue weighted by molar-refractivity contribution is 7.15. The predicted molar refractivity (Wildman–Crippen MR) is 89.9 cm³/mol. The summed E-state index contributed by atoms with van der Waals surface area (Å²) in [5, 5.41) is 4.94. The van der Waals surface area contributed by atoms with Crippen LogP contribution in [0.25, 0.3) is 4.96 Å². The maximum atomic E-state index is 12.1.